The van der Waals surface area contributed by atoms with Crippen LogP contribution in [0.3, 0.4) is 0 Å². The molecule has 0 unspecified atom stereocenters. The van der Waals surface area contributed by atoms with Crippen LogP contribution in [0.25, 0.3) is 16.8 Å². The molecular weight excluding hydrogens is 428 g/mol. The Labute approximate surface area is 189 Å². The Morgan fingerprint density at radius 1 is 1.03 bits per heavy atom. The lowest BCUT2D eigenvalue weighted by molar-refractivity contribution is -0.113. The number of methoxy groups -OCH3 is 3. The number of ether oxygens (including phenoxy) is 3. The average Bonchev–Trinajstić information content (AvgIpc) is 3.27. The van der Waals surface area contributed by atoms with Gasteiger partial charge in [0.1, 0.15) is 22.3 Å². The van der Waals surface area contributed by atoms with Crippen molar-refractivity contribution in [2.24, 2.45) is 0 Å². The van der Waals surface area contributed by atoms with Crippen molar-refractivity contribution < 1.29 is 19.0 Å². The van der Waals surface area contributed by atoms with E-state index in [-0.39, 0.29) is 11.7 Å². The Morgan fingerprint density at radius 2 is 1.84 bits per heavy atom. The Hall–Kier alpha value is -3.72. The second-order valence-electron chi connectivity index (χ2n) is 6.70. The summed E-state index contributed by atoms with van der Waals surface area (Å²) in [6, 6.07) is 14.9. The van der Waals surface area contributed by atoms with Crippen LogP contribution in [0.15, 0.2) is 66.0 Å². The molecule has 0 spiro atoms. The van der Waals surface area contributed by atoms with Gasteiger partial charge in [0.15, 0.2) is 0 Å². The zero-order valence-electron chi connectivity index (χ0n) is 17.9. The van der Waals surface area contributed by atoms with Crippen LogP contribution in [0, 0.1) is 0 Å². The van der Waals surface area contributed by atoms with E-state index in [4.69, 9.17) is 14.2 Å². The fraction of sp³-hybridized carbons (Fsp3) is 0.174. The third kappa shape index (κ3) is 4.47. The van der Waals surface area contributed by atoms with Crippen LogP contribution < -0.4 is 19.5 Å². The van der Waals surface area contributed by atoms with E-state index in [0.717, 1.165) is 22.5 Å². The third-order valence-corrected chi connectivity index (χ3v) is 5.75. The molecule has 0 fully saturated rings. The molecule has 1 N–H and O–H groups in total. The fourth-order valence-electron chi connectivity index (χ4n) is 3.23. The molecule has 9 heteroatoms. The number of benzene rings is 2. The maximum absolute atomic E-state index is 12.6. The minimum Gasteiger partial charge on any atom is -0.497 e. The van der Waals surface area contributed by atoms with Crippen molar-refractivity contribution in [3.63, 3.8) is 0 Å². The van der Waals surface area contributed by atoms with E-state index in [2.05, 4.69) is 15.4 Å². The third-order valence-electron chi connectivity index (χ3n) is 4.76. The molecule has 1 amide bonds. The lowest BCUT2D eigenvalue weighted by atomic mass is 10.1. The monoisotopic (exact) mass is 450 g/mol. The standard InChI is InChI=1S/C23H22N4O4S/c1-29-15-8-9-21(31-3)18(12-15)25-22(28)14-32-23-19-13-17(26-27(19)11-10-24-23)16-6-4-5-7-20(16)30-2/h4-13H,14H2,1-3H3,(H,25,28). The highest BCUT2D eigenvalue weighted by molar-refractivity contribution is 8.00. The second kappa shape index (κ2) is 9.61. The van der Waals surface area contributed by atoms with E-state index in [1.165, 1.54) is 11.8 Å². The number of fused-ring (bicyclic) bond motifs is 1. The zero-order valence-corrected chi connectivity index (χ0v) is 18.7. The first-order valence-electron chi connectivity index (χ1n) is 9.75. The molecular formula is C23H22N4O4S. The highest BCUT2D eigenvalue weighted by Gasteiger charge is 2.15. The predicted octanol–water partition coefficient (Wildman–Crippen LogP) is 4.15. The maximum Gasteiger partial charge on any atom is 0.234 e. The van der Waals surface area contributed by atoms with Gasteiger partial charge in [0.2, 0.25) is 5.91 Å². The molecule has 0 saturated carbocycles. The minimum absolute atomic E-state index is 0.169. The van der Waals surface area contributed by atoms with E-state index in [1.54, 1.807) is 56.4 Å². The summed E-state index contributed by atoms with van der Waals surface area (Å²) >= 11 is 1.33. The highest BCUT2D eigenvalue weighted by Crippen LogP contribution is 2.32. The lowest BCUT2D eigenvalue weighted by Crippen LogP contribution is -2.15. The molecule has 0 aliphatic heterocycles. The van der Waals surface area contributed by atoms with Crippen LogP contribution >= 0.6 is 11.8 Å². The fourth-order valence-corrected chi connectivity index (χ4v) is 4.00. The molecule has 0 aliphatic rings. The SMILES string of the molecule is COc1ccc(OC)c(NC(=O)CSc2nccn3nc(-c4ccccc4OC)cc23)c1. The Bertz CT molecular complexity index is 1260. The van der Waals surface area contributed by atoms with E-state index in [9.17, 15) is 4.79 Å². The van der Waals surface area contributed by atoms with Gasteiger partial charge in [-0.1, -0.05) is 23.9 Å². The topological polar surface area (TPSA) is 87.0 Å². The summed E-state index contributed by atoms with van der Waals surface area (Å²) in [5.41, 5.74) is 3.01. The lowest BCUT2D eigenvalue weighted by Gasteiger charge is -2.11. The van der Waals surface area contributed by atoms with Gasteiger partial charge in [0.25, 0.3) is 0 Å². The number of carbonyl (C=O) groups is 1. The van der Waals surface area contributed by atoms with E-state index < -0.39 is 0 Å². The van der Waals surface area contributed by atoms with E-state index in [1.807, 2.05) is 30.3 Å². The summed E-state index contributed by atoms with van der Waals surface area (Å²) in [6.45, 7) is 0. The van der Waals surface area contributed by atoms with Crippen molar-refractivity contribution in [1.82, 2.24) is 14.6 Å². The summed E-state index contributed by atoms with van der Waals surface area (Å²) in [5, 5.41) is 8.21. The summed E-state index contributed by atoms with van der Waals surface area (Å²) in [4.78, 5) is 17.0. The number of thioether (sulfide) groups is 1. The average molecular weight is 451 g/mol. The van der Waals surface area contributed by atoms with Crippen molar-refractivity contribution in [1.29, 1.82) is 0 Å². The van der Waals surface area contributed by atoms with Crippen LogP contribution in [0.5, 0.6) is 17.2 Å². The van der Waals surface area contributed by atoms with Crippen LogP contribution in [0.4, 0.5) is 5.69 Å². The molecule has 2 aromatic carbocycles. The Balaban J connectivity index is 1.53. The molecule has 0 bridgehead atoms. The van der Waals surface area contributed by atoms with Gasteiger partial charge in [-0.2, -0.15) is 5.10 Å². The smallest absolute Gasteiger partial charge is 0.234 e. The van der Waals surface area contributed by atoms with E-state index >= 15 is 0 Å². The first-order valence-corrected chi connectivity index (χ1v) is 10.7. The van der Waals surface area contributed by atoms with Crippen LogP contribution in [0.2, 0.25) is 0 Å². The number of rotatable bonds is 8. The van der Waals surface area contributed by atoms with Gasteiger partial charge >= 0.3 is 0 Å². The number of nitrogens with one attached hydrogen (secondary N) is 1. The van der Waals surface area contributed by atoms with Crippen LogP contribution in [0.1, 0.15) is 0 Å². The quantitative estimate of drug-likeness (QED) is 0.404. The van der Waals surface area contributed by atoms with Gasteiger partial charge < -0.3 is 19.5 Å². The maximum atomic E-state index is 12.6. The van der Waals surface area contributed by atoms with Crippen molar-refractivity contribution in [2.45, 2.75) is 5.03 Å². The van der Waals surface area contributed by atoms with Crippen LogP contribution in [-0.4, -0.2) is 47.6 Å². The first-order chi connectivity index (χ1) is 15.6. The number of aromatic nitrogens is 3. The normalized spacial score (nSPS) is 10.7. The Morgan fingerprint density at radius 3 is 2.62 bits per heavy atom. The minimum atomic E-state index is -0.185. The molecule has 0 radical (unpaired) electrons. The summed E-state index contributed by atoms with van der Waals surface area (Å²) in [6.07, 6.45) is 3.44. The molecule has 2 heterocycles. The second-order valence-corrected chi connectivity index (χ2v) is 7.66. The van der Waals surface area contributed by atoms with Gasteiger partial charge in [0.05, 0.1) is 44.0 Å². The van der Waals surface area contributed by atoms with Gasteiger partial charge in [-0.15, -0.1) is 0 Å². The number of nitrogens with zero attached hydrogens (tertiary/aromatic N) is 3. The molecule has 0 aliphatic carbocycles. The molecule has 164 valence electrons. The number of para-hydroxylation sites is 1. The molecule has 0 saturated heterocycles. The van der Waals surface area contributed by atoms with Crippen molar-refractivity contribution in [3.8, 4) is 28.5 Å². The van der Waals surface area contributed by atoms with Gasteiger partial charge in [-0.25, -0.2) is 9.50 Å². The largest absolute Gasteiger partial charge is 0.497 e. The zero-order chi connectivity index (χ0) is 22.5. The molecule has 4 rings (SSSR count). The molecule has 32 heavy (non-hydrogen) atoms. The number of hydrogen-bond donors (Lipinski definition) is 1. The van der Waals surface area contributed by atoms with Gasteiger partial charge in [-0.05, 0) is 30.3 Å². The van der Waals surface area contributed by atoms with Crippen molar-refractivity contribution >= 4 is 28.9 Å². The predicted molar refractivity (Wildman–Crippen MR) is 124 cm³/mol. The molecule has 8 nitrogen and oxygen atoms in total. The summed E-state index contributed by atoms with van der Waals surface area (Å²) < 4.78 is 17.8. The molecule has 0 atom stereocenters. The molecule has 2 aromatic heterocycles. The van der Waals surface area contributed by atoms with Crippen molar-refractivity contribution in [2.75, 3.05) is 32.4 Å². The summed E-state index contributed by atoms with van der Waals surface area (Å²) in [5.74, 6) is 1.91. The molecule has 4 aromatic rings. The van der Waals surface area contributed by atoms with Gasteiger partial charge in [-0.3, -0.25) is 4.79 Å². The Kier molecular flexibility index (Phi) is 6.46. The number of carbonyl (C=O) groups excluding carboxylic acids is 1. The summed E-state index contributed by atoms with van der Waals surface area (Å²) in [7, 11) is 4.75. The first kappa shape index (κ1) is 21.5. The van der Waals surface area contributed by atoms with Gasteiger partial charge in [0, 0.05) is 24.0 Å². The number of hydrogen-bond acceptors (Lipinski definition) is 7. The van der Waals surface area contributed by atoms with E-state index in [0.29, 0.717) is 22.2 Å². The number of amides is 1. The highest BCUT2D eigenvalue weighted by atomic mass is 32.2. The van der Waals surface area contributed by atoms with Crippen LogP contribution in [-0.2, 0) is 4.79 Å². The van der Waals surface area contributed by atoms with Crippen molar-refractivity contribution in [3.05, 3.63) is 60.9 Å². The number of anilines is 1.